The molecule has 4 nitrogen and oxygen atoms in total. The largest absolute Gasteiger partial charge is 0.489 e. The molecular formula is C16H22N2O2S. The third kappa shape index (κ3) is 2.98. The molecule has 3 rings (SSSR count). The van der Waals surface area contributed by atoms with E-state index in [-0.39, 0.29) is 10.7 Å². The van der Waals surface area contributed by atoms with Crippen molar-refractivity contribution in [1.29, 1.82) is 0 Å². The number of ether oxygens (including phenoxy) is 1. The standard InChI is InChI=1S/C16H22N2O2S/c1-21-16(7-2-3-8-16)11-18-15(19)12-5-4-6-13-14(12)20-10-9-17-13/h4-6,17H,2-3,7-11H2,1H3,(H,18,19). The molecule has 1 aliphatic carbocycles. The van der Waals surface area contributed by atoms with E-state index >= 15 is 0 Å². The van der Waals surface area contributed by atoms with Gasteiger partial charge in [-0.25, -0.2) is 0 Å². The van der Waals surface area contributed by atoms with E-state index in [1.165, 1.54) is 25.7 Å². The van der Waals surface area contributed by atoms with Gasteiger partial charge in [0.1, 0.15) is 6.61 Å². The quantitative estimate of drug-likeness (QED) is 0.898. The minimum atomic E-state index is -0.0316. The van der Waals surface area contributed by atoms with E-state index in [0.29, 0.717) is 17.9 Å². The number of amides is 1. The molecule has 1 amide bonds. The van der Waals surface area contributed by atoms with E-state index in [1.807, 2.05) is 30.0 Å². The third-order valence-electron chi connectivity index (χ3n) is 4.44. The van der Waals surface area contributed by atoms with E-state index < -0.39 is 0 Å². The molecule has 0 atom stereocenters. The van der Waals surface area contributed by atoms with Gasteiger partial charge in [-0.3, -0.25) is 4.79 Å². The van der Waals surface area contributed by atoms with Gasteiger partial charge in [0.15, 0.2) is 5.75 Å². The Balaban J connectivity index is 1.71. The van der Waals surface area contributed by atoms with Crippen molar-refractivity contribution in [2.24, 2.45) is 0 Å². The Hall–Kier alpha value is -1.36. The predicted molar refractivity (Wildman–Crippen MR) is 87.5 cm³/mol. The van der Waals surface area contributed by atoms with Crippen molar-refractivity contribution in [3.63, 3.8) is 0 Å². The van der Waals surface area contributed by atoms with Gasteiger partial charge in [-0.15, -0.1) is 0 Å². The number of anilines is 1. The fourth-order valence-electron chi connectivity index (χ4n) is 3.16. The van der Waals surface area contributed by atoms with Gasteiger partial charge >= 0.3 is 0 Å². The van der Waals surface area contributed by atoms with Crippen LogP contribution in [0.25, 0.3) is 0 Å². The lowest BCUT2D eigenvalue weighted by molar-refractivity contribution is 0.0945. The van der Waals surface area contributed by atoms with Gasteiger partial charge in [0, 0.05) is 17.8 Å². The Kier molecular flexibility index (Phi) is 4.29. The zero-order valence-corrected chi connectivity index (χ0v) is 13.2. The van der Waals surface area contributed by atoms with E-state index in [4.69, 9.17) is 4.74 Å². The molecule has 1 aliphatic heterocycles. The average molecular weight is 306 g/mol. The van der Waals surface area contributed by atoms with Crippen molar-refractivity contribution < 1.29 is 9.53 Å². The fraction of sp³-hybridized carbons (Fsp3) is 0.562. The summed E-state index contributed by atoms with van der Waals surface area (Å²) in [6.45, 7) is 2.13. The molecular weight excluding hydrogens is 284 g/mol. The van der Waals surface area contributed by atoms with Crippen LogP contribution in [0.5, 0.6) is 5.75 Å². The number of rotatable bonds is 4. The fourth-order valence-corrected chi connectivity index (χ4v) is 4.07. The third-order valence-corrected chi connectivity index (χ3v) is 5.86. The van der Waals surface area contributed by atoms with Crippen molar-refractivity contribution in [3.05, 3.63) is 23.8 Å². The van der Waals surface area contributed by atoms with Gasteiger partial charge in [0.05, 0.1) is 11.3 Å². The van der Waals surface area contributed by atoms with Crippen molar-refractivity contribution in [3.8, 4) is 5.75 Å². The van der Waals surface area contributed by atoms with Crippen molar-refractivity contribution in [2.75, 3.05) is 31.3 Å². The number of hydrogen-bond donors (Lipinski definition) is 2. The van der Waals surface area contributed by atoms with E-state index in [0.717, 1.165) is 18.8 Å². The molecule has 1 heterocycles. The van der Waals surface area contributed by atoms with Crippen LogP contribution in [0.15, 0.2) is 18.2 Å². The molecule has 1 saturated carbocycles. The van der Waals surface area contributed by atoms with Crippen LogP contribution in [0.4, 0.5) is 5.69 Å². The lowest BCUT2D eigenvalue weighted by Crippen LogP contribution is -2.38. The number of para-hydroxylation sites is 1. The summed E-state index contributed by atoms with van der Waals surface area (Å²) >= 11 is 1.89. The zero-order chi connectivity index (χ0) is 14.7. The van der Waals surface area contributed by atoms with Crippen LogP contribution in [-0.4, -0.2) is 36.6 Å². The summed E-state index contributed by atoms with van der Waals surface area (Å²) in [5.74, 6) is 0.654. The molecule has 0 spiro atoms. The van der Waals surface area contributed by atoms with Crippen LogP contribution in [0.3, 0.4) is 0 Å². The molecule has 1 fully saturated rings. The molecule has 0 saturated heterocycles. The molecule has 0 aromatic heterocycles. The molecule has 2 aliphatic rings. The molecule has 0 radical (unpaired) electrons. The van der Waals surface area contributed by atoms with Crippen LogP contribution in [0.2, 0.25) is 0 Å². The highest BCUT2D eigenvalue weighted by Gasteiger charge is 2.33. The summed E-state index contributed by atoms with van der Waals surface area (Å²) in [4.78, 5) is 12.5. The summed E-state index contributed by atoms with van der Waals surface area (Å²) < 4.78 is 5.90. The normalized spacial score (nSPS) is 19.3. The van der Waals surface area contributed by atoms with Gasteiger partial charge in [-0.1, -0.05) is 18.9 Å². The van der Waals surface area contributed by atoms with Gasteiger partial charge in [0.2, 0.25) is 0 Å². The number of thioether (sulfide) groups is 1. The summed E-state index contributed by atoms with van der Waals surface area (Å²) in [5, 5.41) is 6.38. The van der Waals surface area contributed by atoms with E-state index in [1.54, 1.807) is 0 Å². The van der Waals surface area contributed by atoms with Crippen LogP contribution in [-0.2, 0) is 0 Å². The topological polar surface area (TPSA) is 50.4 Å². The summed E-state index contributed by atoms with van der Waals surface area (Å²) in [6.07, 6.45) is 7.07. The molecule has 0 unspecified atom stereocenters. The van der Waals surface area contributed by atoms with Crippen molar-refractivity contribution >= 4 is 23.4 Å². The molecule has 21 heavy (non-hydrogen) atoms. The van der Waals surface area contributed by atoms with Crippen LogP contribution >= 0.6 is 11.8 Å². The Morgan fingerprint density at radius 2 is 2.24 bits per heavy atom. The first-order valence-electron chi connectivity index (χ1n) is 7.57. The predicted octanol–water partition coefficient (Wildman–Crippen LogP) is 2.90. The first-order valence-corrected chi connectivity index (χ1v) is 8.80. The summed E-state index contributed by atoms with van der Waals surface area (Å²) in [5.41, 5.74) is 1.54. The molecule has 2 N–H and O–H groups in total. The maximum atomic E-state index is 12.5. The highest BCUT2D eigenvalue weighted by Crippen LogP contribution is 2.39. The Morgan fingerprint density at radius 1 is 1.43 bits per heavy atom. The average Bonchev–Trinajstić information content (AvgIpc) is 3.01. The van der Waals surface area contributed by atoms with Gasteiger partial charge in [0.25, 0.3) is 5.91 Å². The lowest BCUT2D eigenvalue weighted by Gasteiger charge is -2.27. The maximum Gasteiger partial charge on any atom is 0.255 e. The smallest absolute Gasteiger partial charge is 0.255 e. The number of hydrogen-bond acceptors (Lipinski definition) is 4. The highest BCUT2D eigenvalue weighted by atomic mass is 32.2. The van der Waals surface area contributed by atoms with Gasteiger partial charge in [-0.2, -0.15) is 11.8 Å². The number of carbonyl (C=O) groups is 1. The number of benzene rings is 1. The van der Waals surface area contributed by atoms with Crippen LogP contribution < -0.4 is 15.4 Å². The SMILES string of the molecule is CSC1(CNC(=O)c2cccc3c2OCCN3)CCCC1. The molecule has 1 aromatic carbocycles. The highest BCUT2D eigenvalue weighted by molar-refractivity contribution is 8.00. The summed E-state index contributed by atoms with van der Waals surface area (Å²) in [6, 6.07) is 5.68. The lowest BCUT2D eigenvalue weighted by atomic mass is 10.1. The van der Waals surface area contributed by atoms with Crippen LogP contribution in [0.1, 0.15) is 36.0 Å². The number of carbonyl (C=O) groups excluding carboxylic acids is 1. The van der Waals surface area contributed by atoms with E-state index in [2.05, 4.69) is 16.9 Å². The molecule has 5 heteroatoms. The Bertz CT molecular complexity index is 527. The first kappa shape index (κ1) is 14.6. The second-order valence-corrected chi connectivity index (χ2v) is 7.01. The first-order chi connectivity index (χ1) is 10.2. The minimum Gasteiger partial charge on any atom is -0.489 e. The maximum absolute atomic E-state index is 12.5. The van der Waals surface area contributed by atoms with Crippen molar-refractivity contribution in [1.82, 2.24) is 5.32 Å². The molecule has 0 bridgehead atoms. The Labute approximate surface area is 130 Å². The monoisotopic (exact) mass is 306 g/mol. The van der Waals surface area contributed by atoms with Gasteiger partial charge in [-0.05, 0) is 31.2 Å². The summed E-state index contributed by atoms with van der Waals surface area (Å²) in [7, 11) is 0. The number of fused-ring (bicyclic) bond motifs is 1. The van der Waals surface area contributed by atoms with Crippen LogP contribution in [0, 0.1) is 0 Å². The molecule has 1 aromatic rings. The van der Waals surface area contributed by atoms with E-state index in [9.17, 15) is 4.79 Å². The molecule has 114 valence electrons. The number of nitrogens with one attached hydrogen (secondary N) is 2. The minimum absolute atomic E-state index is 0.0316. The second kappa shape index (κ2) is 6.18. The Morgan fingerprint density at radius 3 is 3.00 bits per heavy atom. The van der Waals surface area contributed by atoms with Crippen molar-refractivity contribution in [2.45, 2.75) is 30.4 Å². The second-order valence-electron chi connectivity index (χ2n) is 5.73. The zero-order valence-electron chi connectivity index (χ0n) is 12.4. The van der Waals surface area contributed by atoms with Gasteiger partial charge < -0.3 is 15.4 Å².